The van der Waals surface area contributed by atoms with Crippen molar-refractivity contribution >= 4 is 0 Å². The highest BCUT2D eigenvalue weighted by Gasteiger charge is 1.89. The van der Waals surface area contributed by atoms with Crippen LogP contribution in [-0.4, -0.2) is 0 Å². The molecule has 0 aromatic rings. The molecule has 0 aromatic carbocycles. The second-order valence-corrected chi connectivity index (χ2v) is 6.35. The number of unbranched alkanes of at least 4 members (excludes halogenated alkanes) is 14. The fraction of sp³-hybridized carbons (Fsp3) is 0.818. The van der Waals surface area contributed by atoms with Crippen LogP contribution < -0.4 is 0 Å². The molecule has 0 aliphatic heterocycles. The summed E-state index contributed by atoms with van der Waals surface area (Å²) in [7, 11) is 0. The Morgan fingerprint density at radius 2 is 0.727 bits per heavy atom. The Balaban J connectivity index is 3.23. The van der Waals surface area contributed by atoms with Crippen LogP contribution in [0.15, 0.2) is 0 Å². The molecule has 0 spiro atoms. The predicted molar refractivity (Wildman–Crippen MR) is 101 cm³/mol. The lowest BCUT2D eigenvalue weighted by molar-refractivity contribution is 0.594. The maximum absolute atomic E-state index is 3.19. The second-order valence-electron chi connectivity index (χ2n) is 6.35. The molecule has 0 aliphatic carbocycles. The minimum Gasteiger partial charge on any atom is -0.0891 e. The Kier molecular flexibility index (Phi) is 19.3. The maximum Gasteiger partial charge on any atom is 0.00989 e. The average Bonchev–Trinajstić information content (AvgIpc) is 2.54. The molecular formula is C22H38. The van der Waals surface area contributed by atoms with E-state index in [4.69, 9.17) is 0 Å². The molecule has 0 aliphatic rings. The van der Waals surface area contributed by atoms with Gasteiger partial charge >= 0.3 is 0 Å². The van der Waals surface area contributed by atoms with Gasteiger partial charge in [-0.2, -0.15) is 0 Å². The molecular weight excluding hydrogens is 264 g/mol. The molecule has 0 heteroatoms. The molecule has 0 radical (unpaired) electrons. The third kappa shape index (κ3) is 19.1. The van der Waals surface area contributed by atoms with Crippen LogP contribution >= 0.6 is 0 Å². The first-order valence-electron chi connectivity index (χ1n) is 9.87. The van der Waals surface area contributed by atoms with Gasteiger partial charge in [0.25, 0.3) is 0 Å². The lowest BCUT2D eigenvalue weighted by atomic mass is 10.1. The summed E-state index contributed by atoms with van der Waals surface area (Å²) in [6.45, 7) is 4.54. The SMILES string of the molecule is CCCCCCCCCC#CC#CCCCCCCCCC. The quantitative estimate of drug-likeness (QED) is 0.234. The zero-order valence-corrected chi connectivity index (χ0v) is 15.3. The molecule has 0 fully saturated rings. The summed E-state index contributed by atoms with van der Waals surface area (Å²) >= 11 is 0. The molecule has 126 valence electrons. The molecule has 0 bridgehead atoms. The third-order valence-corrected chi connectivity index (χ3v) is 4.05. The highest BCUT2D eigenvalue weighted by atomic mass is 14.0. The van der Waals surface area contributed by atoms with Crippen LogP contribution in [0, 0.1) is 23.7 Å². The number of hydrogen-bond donors (Lipinski definition) is 0. The zero-order chi connectivity index (χ0) is 16.1. The lowest BCUT2D eigenvalue weighted by Gasteiger charge is -1.97. The minimum absolute atomic E-state index is 1.03. The van der Waals surface area contributed by atoms with E-state index in [0.717, 1.165) is 12.8 Å². The van der Waals surface area contributed by atoms with Crippen LogP contribution in [0.4, 0.5) is 0 Å². The first kappa shape index (κ1) is 21.1. The van der Waals surface area contributed by atoms with Crippen molar-refractivity contribution in [1.82, 2.24) is 0 Å². The van der Waals surface area contributed by atoms with Gasteiger partial charge in [0, 0.05) is 12.8 Å². The summed E-state index contributed by atoms with van der Waals surface area (Å²) in [6.07, 6.45) is 21.1. The van der Waals surface area contributed by atoms with Gasteiger partial charge in [-0.05, 0) is 24.7 Å². The van der Waals surface area contributed by atoms with Gasteiger partial charge in [-0.3, -0.25) is 0 Å². The van der Waals surface area contributed by atoms with Crippen LogP contribution in [0.25, 0.3) is 0 Å². The van der Waals surface area contributed by atoms with Gasteiger partial charge in [-0.15, -0.1) is 0 Å². The fourth-order valence-electron chi connectivity index (χ4n) is 2.55. The summed E-state index contributed by atoms with van der Waals surface area (Å²) < 4.78 is 0. The Morgan fingerprint density at radius 1 is 0.409 bits per heavy atom. The largest absolute Gasteiger partial charge is 0.0891 e. The van der Waals surface area contributed by atoms with Crippen LogP contribution in [0.2, 0.25) is 0 Å². The van der Waals surface area contributed by atoms with E-state index in [1.165, 1.54) is 89.9 Å². The van der Waals surface area contributed by atoms with Gasteiger partial charge in [0.05, 0.1) is 0 Å². The Morgan fingerprint density at radius 3 is 1.09 bits per heavy atom. The second kappa shape index (κ2) is 20.1. The molecule has 0 rings (SSSR count). The molecule has 0 nitrogen and oxygen atoms in total. The van der Waals surface area contributed by atoms with E-state index in [1.54, 1.807) is 0 Å². The number of hydrogen-bond acceptors (Lipinski definition) is 0. The molecule has 0 heterocycles. The average molecular weight is 303 g/mol. The van der Waals surface area contributed by atoms with Gasteiger partial charge in [0.1, 0.15) is 0 Å². The molecule has 0 saturated carbocycles. The highest BCUT2D eigenvalue weighted by Crippen LogP contribution is 2.08. The maximum atomic E-state index is 3.19. The van der Waals surface area contributed by atoms with Crippen LogP contribution in [0.5, 0.6) is 0 Å². The van der Waals surface area contributed by atoms with Crippen LogP contribution in [0.3, 0.4) is 0 Å². The van der Waals surface area contributed by atoms with Crippen molar-refractivity contribution in [3.05, 3.63) is 0 Å². The van der Waals surface area contributed by atoms with E-state index >= 15 is 0 Å². The van der Waals surface area contributed by atoms with Gasteiger partial charge < -0.3 is 0 Å². The Bertz CT molecular complexity index is 283. The van der Waals surface area contributed by atoms with Crippen molar-refractivity contribution < 1.29 is 0 Å². The van der Waals surface area contributed by atoms with Gasteiger partial charge in [-0.25, -0.2) is 0 Å². The van der Waals surface area contributed by atoms with E-state index in [1.807, 2.05) is 0 Å². The molecule has 0 saturated heterocycles. The third-order valence-electron chi connectivity index (χ3n) is 4.05. The van der Waals surface area contributed by atoms with Crippen molar-refractivity contribution in [2.75, 3.05) is 0 Å². The van der Waals surface area contributed by atoms with E-state index in [2.05, 4.69) is 37.5 Å². The standard InChI is InChI=1S/C22H38/c1-3-5-7-9-11-13-15-17-19-21-22-20-18-16-14-12-10-8-6-4-2/h3-18H2,1-2H3. The summed E-state index contributed by atoms with van der Waals surface area (Å²) in [5.74, 6) is 12.4. The highest BCUT2D eigenvalue weighted by molar-refractivity contribution is 5.25. The topological polar surface area (TPSA) is 0 Å². The normalized spacial score (nSPS) is 9.73. The summed E-state index contributed by atoms with van der Waals surface area (Å²) in [6, 6.07) is 0. The van der Waals surface area contributed by atoms with E-state index < -0.39 is 0 Å². The van der Waals surface area contributed by atoms with Gasteiger partial charge in [-0.1, -0.05) is 103 Å². The van der Waals surface area contributed by atoms with Crippen molar-refractivity contribution in [3.8, 4) is 23.7 Å². The van der Waals surface area contributed by atoms with Crippen LogP contribution in [0.1, 0.15) is 117 Å². The zero-order valence-electron chi connectivity index (χ0n) is 15.3. The molecule has 0 N–H and O–H groups in total. The van der Waals surface area contributed by atoms with Crippen molar-refractivity contribution in [3.63, 3.8) is 0 Å². The molecule has 0 amide bonds. The van der Waals surface area contributed by atoms with E-state index in [-0.39, 0.29) is 0 Å². The van der Waals surface area contributed by atoms with Gasteiger partial charge in [0.15, 0.2) is 0 Å². The van der Waals surface area contributed by atoms with Crippen molar-refractivity contribution in [1.29, 1.82) is 0 Å². The Hall–Kier alpha value is -0.880. The van der Waals surface area contributed by atoms with E-state index in [9.17, 15) is 0 Å². The van der Waals surface area contributed by atoms with Crippen LogP contribution in [-0.2, 0) is 0 Å². The summed E-state index contributed by atoms with van der Waals surface area (Å²) in [4.78, 5) is 0. The first-order valence-corrected chi connectivity index (χ1v) is 9.87. The minimum atomic E-state index is 1.03. The molecule has 0 aromatic heterocycles. The predicted octanol–water partition coefficient (Wildman–Crippen LogP) is 7.27. The first-order chi connectivity index (χ1) is 10.9. The monoisotopic (exact) mass is 302 g/mol. The summed E-state index contributed by atoms with van der Waals surface area (Å²) in [5.41, 5.74) is 0. The van der Waals surface area contributed by atoms with Crippen molar-refractivity contribution in [2.24, 2.45) is 0 Å². The molecule has 22 heavy (non-hydrogen) atoms. The lowest BCUT2D eigenvalue weighted by Crippen LogP contribution is -1.79. The molecule has 0 atom stereocenters. The smallest absolute Gasteiger partial charge is 0.00989 e. The number of rotatable bonds is 14. The fourth-order valence-corrected chi connectivity index (χ4v) is 2.55. The van der Waals surface area contributed by atoms with Gasteiger partial charge in [0.2, 0.25) is 0 Å². The summed E-state index contributed by atoms with van der Waals surface area (Å²) in [5, 5.41) is 0. The van der Waals surface area contributed by atoms with E-state index in [0.29, 0.717) is 0 Å². The Labute approximate surface area is 140 Å². The molecule has 0 unspecified atom stereocenters. The van der Waals surface area contributed by atoms with Crippen molar-refractivity contribution in [2.45, 2.75) is 117 Å².